The first-order valence-electron chi connectivity index (χ1n) is 18.3. The second kappa shape index (κ2) is 22.9. The number of hydrogen-bond donors (Lipinski definition) is 5. The predicted molar refractivity (Wildman–Crippen MR) is 201 cm³/mol. The van der Waals surface area contributed by atoms with Gasteiger partial charge in [0.05, 0.1) is 33.2 Å². The van der Waals surface area contributed by atoms with Crippen LogP contribution in [0.4, 0.5) is 43.9 Å². The Morgan fingerprint density at radius 1 is 0.774 bits per heavy atom. The third-order valence-electron chi connectivity index (χ3n) is 9.07. The highest BCUT2D eigenvalue weighted by Crippen LogP contribution is 2.26. The molecule has 0 unspecified atom stereocenters. The van der Waals surface area contributed by atoms with Crippen molar-refractivity contribution in [2.75, 3.05) is 52.9 Å². The van der Waals surface area contributed by atoms with E-state index in [-0.39, 0.29) is 11.7 Å². The van der Waals surface area contributed by atoms with E-state index in [9.17, 15) is 53.5 Å². The van der Waals surface area contributed by atoms with Crippen LogP contribution in [0.25, 0.3) is 11.1 Å². The average Bonchev–Trinajstić information content (AvgIpc) is 3.17. The van der Waals surface area contributed by atoms with Crippen LogP contribution in [-0.2, 0) is 38.8 Å². The number of hydrogen-bond acceptors (Lipinski definition) is 7. The zero-order valence-electron chi connectivity index (χ0n) is 33.1. The number of halogens is 10. The lowest BCUT2D eigenvalue weighted by Crippen LogP contribution is -2.56. The summed E-state index contributed by atoms with van der Waals surface area (Å²) in [6.07, 6.45) is -14.3. The number of carboxylic acid groups (broad SMARTS) is 3. The van der Waals surface area contributed by atoms with Gasteiger partial charge in [0.2, 0.25) is 6.41 Å². The number of quaternary nitrogens is 1. The molecule has 2 saturated heterocycles. The lowest BCUT2D eigenvalue weighted by molar-refractivity contribution is -0.926. The number of aliphatic carboxylic acids is 3. The van der Waals surface area contributed by atoms with E-state index in [1.165, 1.54) is 6.07 Å². The molecule has 5 N–H and O–H groups in total. The molecule has 62 heavy (non-hydrogen) atoms. The maximum absolute atomic E-state index is 14.9. The van der Waals surface area contributed by atoms with Crippen LogP contribution in [-0.4, -0.2) is 137 Å². The molecule has 5 rings (SSSR count). The van der Waals surface area contributed by atoms with Gasteiger partial charge in [-0.2, -0.15) is 39.5 Å². The molecule has 0 spiro atoms. The maximum atomic E-state index is 14.9. The van der Waals surface area contributed by atoms with Crippen molar-refractivity contribution in [3.8, 4) is 11.1 Å². The fourth-order valence-corrected chi connectivity index (χ4v) is 5.92. The Morgan fingerprint density at radius 3 is 1.82 bits per heavy atom. The second-order valence-corrected chi connectivity index (χ2v) is 14.3. The summed E-state index contributed by atoms with van der Waals surface area (Å²) in [5.74, 6) is -8.70. The summed E-state index contributed by atoms with van der Waals surface area (Å²) < 4.78 is 111. The molecular formula is C39H44F10N5O8+. The molecule has 2 amide bonds. The predicted octanol–water partition coefficient (Wildman–Crippen LogP) is 5.53. The Morgan fingerprint density at radius 2 is 1.31 bits per heavy atom. The van der Waals surface area contributed by atoms with Gasteiger partial charge in [-0.3, -0.25) is 14.5 Å². The van der Waals surface area contributed by atoms with E-state index in [1.54, 1.807) is 6.07 Å². The van der Waals surface area contributed by atoms with Gasteiger partial charge < -0.3 is 35.3 Å². The van der Waals surface area contributed by atoms with Crippen molar-refractivity contribution in [1.29, 1.82) is 0 Å². The van der Waals surface area contributed by atoms with E-state index in [0.717, 1.165) is 92.0 Å². The van der Waals surface area contributed by atoms with Crippen LogP contribution in [0.1, 0.15) is 34.0 Å². The van der Waals surface area contributed by atoms with Gasteiger partial charge in [0.25, 0.3) is 5.91 Å². The number of rotatable bonds is 9. The molecule has 13 nitrogen and oxygen atoms in total. The molecule has 2 aliphatic heterocycles. The fourth-order valence-electron chi connectivity index (χ4n) is 5.92. The van der Waals surface area contributed by atoms with Gasteiger partial charge in [-0.25, -0.2) is 18.8 Å². The smallest absolute Gasteiger partial charge is 0.475 e. The van der Waals surface area contributed by atoms with E-state index in [4.69, 9.17) is 29.7 Å². The first-order valence-corrected chi connectivity index (χ1v) is 18.3. The number of piperazine rings is 2. The molecule has 2 fully saturated rings. The minimum Gasteiger partial charge on any atom is -0.475 e. The lowest BCUT2D eigenvalue weighted by Gasteiger charge is -2.41. The molecule has 23 heteroatoms. The Balaban J connectivity index is 0.000000519. The SMILES string of the molecule is C[C@H]1CN(Cc2cccc(-c3cc(CNC(=O)c4cccc(C[N+]5(C)CCN(C=O)CC5)c4)ccc3F)c2)CCN1.O=C(O)C(F)(F)F.O=C(O)C(F)(F)F.O=C(O)C(F)(F)F. The van der Waals surface area contributed by atoms with Crippen molar-refractivity contribution >= 4 is 30.2 Å². The Kier molecular flexibility index (Phi) is 19.3. The second-order valence-electron chi connectivity index (χ2n) is 14.3. The molecule has 0 saturated carbocycles. The van der Waals surface area contributed by atoms with E-state index >= 15 is 0 Å². The van der Waals surface area contributed by atoms with Gasteiger partial charge in [-0.05, 0) is 53.9 Å². The van der Waals surface area contributed by atoms with Crippen LogP contribution < -0.4 is 10.6 Å². The summed E-state index contributed by atoms with van der Waals surface area (Å²) in [4.78, 5) is 55.0. The third-order valence-corrected chi connectivity index (χ3v) is 9.07. The molecule has 0 bridgehead atoms. The topological polar surface area (TPSA) is 177 Å². The third kappa shape index (κ3) is 18.4. The Hall–Kier alpha value is -5.81. The highest BCUT2D eigenvalue weighted by Gasteiger charge is 2.39. The normalized spacial score (nSPS) is 16.5. The van der Waals surface area contributed by atoms with E-state index in [0.29, 0.717) is 23.7 Å². The highest BCUT2D eigenvalue weighted by molar-refractivity contribution is 5.94. The average molecular weight is 901 g/mol. The molecule has 0 aromatic heterocycles. The van der Waals surface area contributed by atoms with Gasteiger partial charge in [0.15, 0.2) is 0 Å². The number of benzene rings is 3. The van der Waals surface area contributed by atoms with Crippen molar-refractivity contribution in [1.82, 2.24) is 20.4 Å². The zero-order valence-corrected chi connectivity index (χ0v) is 33.1. The monoisotopic (exact) mass is 900 g/mol. The number of carbonyl (C=O) groups is 5. The van der Waals surface area contributed by atoms with Crippen molar-refractivity contribution < 1.29 is 87.7 Å². The largest absolute Gasteiger partial charge is 0.490 e. The summed E-state index contributed by atoms with van der Waals surface area (Å²) in [5, 5.41) is 27.9. The quantitative estimate of drug-likeness (QED) is 0.104. The maximum Gasteiger partial charge on any atom is 0.490 e. The van der Waals surface area contributed by atoms with Crippen LogP contribution in [0.2, 0.25) is 0 Å². The summed E-state index contributed by atoms with van der Waals surface area (Å²) in [6.45, 7) is 10.4. The van der Waals surface area contributed by atoms with Crippen LogP contribution in [0.15, 0.2) is 66.7 Å². The number of amides is 2. The lowest BCUT2D eigenvalue weighted by atomic mass is 10.00. The number of nitrogens with zero attached hydrogens (tertiary/aromatic N) is 3. The van der Waals surface area contributed by atoms with E-state index in [1.807, 2.05) is 41.3 Å². The minimum atomic E-state index is -5.08. The first-order chi connectivity index (χ1) is 28.6. The van der Waals surface area contributed by atoms with Crippen LogP contribution in [0.5, 0.6) is 0 Å². The van der Waals surface area contributed by atoms with E-state index in [2.05, 4.69) is 47.7 Å². The highest BCUT2D eigenvalue weighted by atomic mass is 19.4. The van der Waals surface area contributed by atoms with Crippen LogP contribution in [0.3, 0.4) is 0 Å². The standard InChI is InChI=1S/C33H40FN5O2.3C2HF3O2/c1-25-21-38(12-11-35-25)22-27-5-3-7-29(17-27)31-19-26(9-10-32(31)34)20-36-33(41)30-8-4-6-28(18-30)23-39(2)15-13-37(24-40)14-16-39;3*3-2(4,5)1(6)7/h3-10,17-19,24-25,35H,11-16,20-23H2,1-2H3;3*(H,6,7)/p+1/t25-;;;/m0.../s1. The molecule has 0 aliphatic carbocycles. The molecule has 2 aliphatic rings. The Bertz CT molecular complexity index is 1930. The molecule has 1 atom stereocenters. The molecule has 2 heterocycles. The van der Waals surface area contributed by atoms with Crippen molar-refractivity contribution in [2.24, 2.45) is 0 Å². The number of likely N-dealkylation sites (N-methyl/N-ethyl adjacent to an activating group) is 1. The number of alkyl halides is 9. The van der Waals surface area contributed by atoms with Crippen molar-refractivity contribution in [2.45, 2.75) is 51.1 Å². The molecule has 342 valence electrons. The van der Waals surface area contributed by atoms with Gasteiger partial charge in [0.1, 0.15) is 12.4 Å². The van der Waals surface area contributed by atoms with E-state index < -0.39 is 36.4 Å². The summed E-state index contributed by atoms with van der Waals surface area (Å²) in [5.41, 5.74) is 5.10. The Labute approximate surface area is 348 Å². The van der Waals surface area contributed by atoms with Gasteiger partial charge in [0, 0.05) is 55.5 Å². The molecule has 3 aromatic rings. The summed E-state index contributed by atoms with van der Waals surface area (Å²) in [7, 11) is 2.20. The molecule has 3 aromatic carbocycles. The first kappa shape index (κ1) is 52.3. The van der Waals surface area contributed by atoms with Gasteiger partial charge in [-0.1, -0.05) is 36.4 Å². The van der Waals surface area contributed by atoms with Crippen molar-refractivity contribution in [3.05, 3.63) is 94.8 Å². The number of carbonyl (C=O) groups excluding carboxylic acids is 2. The van der Waals surface area contributed by atoms with Gasteiger partial charge in [-0.15, -0.1) is 0 Å². The fraction of sp³-hybridized carbons (Fsp3) is 0.410. The zero-order chi connectivity index (χ0) is 47.1. The van der Waals surface area contributed by atoms with Crippen LogP contribution >= 0.6 is 0 Å². The summed E-state index contributed by atoms with van der Waals surface area (Å²) >= 11 is 0. The van der Waals surface area contributed by atoms with Crippen molar-refractivity contribution in [3.63, 3.8) is 0 Å². The molecular weight excluding hydrogens is 856 g/mol. The van der Waals surface area contributed by atoms with Crippen LogP contribution in [0, 0.1) is 5.82 Å². The summed E-state index contributed by atoms with van der Waals surface area (Å²) in [6, 6.07) is 21.4. The number of carboxylic acids is 3. The number of nitrogens with one attached hydrogen (secondary N) is 2. The minimum absolute atomic E-state index is 0.154. The van der Waals surface area contributed by atoms with Gasteiger partial charge >= 0.3 is 36.4 Å². The molecule has 0 radical (unpaired) electrons.